The minimum Gasteiger partial charge on any atom is -0.495 e. The van der Waals surface area contributed by atoms with Gasteiger partial charge in [-0.15, -0.1) is 0 Å². The highest BCUT2D eigenvalue weighted by molar-refractivity contribution is 5.86. The van der Waals surface area contributed by atoms with Crippen LogP contribution in [0.2, 0.25) is 0 Å². The van der Waals surface area contributed by atoms with Gasteiger partial charge in [-0.1, -0.05) is 36.4 Å². The third-order valence-corrected chi connectivity index (χ3v) is 4.66. The summed E-state index contributed by atoms with van der Waals surface area (Å²) in [5.41, 5.74) is 5.55. The molecule has 4 heteroatoms. The lowest BCUT2D eigenvalue weighted by Crippen LogP contribution is -2.14. The number of nitrogens with one attached hydrogen (secondary N) is 2. The second-order valence-corrected chi connectivity index (χ2v) is 6.27. The zero-order valence-corrected chi connectivity index (χ0v) is 14.9. The maximum atomic E-state index is 5.53. The van der Waals surface area contributed by atoms with Crippen LogP contribution in [-0.2, 0) is 0 Å². The molecule has 2 heterocycles. The highest BCUT2D eigenvalue weighted by atomic mass is 16.5. The Balaban J connectivity index is 1.88. The molecule has 4 nitrogen and oxygen atoms in total. The standard InChI is InChI=1S/C22H21N3O/c1-15-21(17-9-3-4-10-18(17)24-15)22(16-8-7-13-23-14-16)25-19-11-5-6-12-20(19)26-2/h3-14,22,24-25H,1-2H3. The van der Waals surface area contributed by atoms with Crippen molar-refractivity contribution in [1.82, 2.24) is 9.97 Å². The number of aromatic amines is 1. The summed E-state index contributed by atoms with van der Waals surface area (Å²) >= 11 is 0. The number of aromatic nitrogens is 2. The summed E-state index contributed by atoms with van der Waals surface area (Å²) in [5, 5.41) is 4.87. The van der Waals surface area contributed by atoms with E-state index in [1.54, 1.807) is 13.3 Å². The van der Waals surface area contributed by atoms with Crippen molar-refractivity contribution in [2.75, 3.05) is 12.4 Å². The molecule has 0 aliphatic rings. The van der Waals surface area contributed by atoms with Crippen LogP contribution in [-0.4, -0.2) is 17.1 Å². The van der Waals surface area contributed by atoms with E-state index in [4.69, 9.17) is 4.74 Å². The van der Waals surface area contributed by atoms with Gasteiger partial charge in [0.15, 0.2) is 0 Å². The van der Waals surface area contributed by atoms with E-state index in [-0.39, 0.29) is 6.04 Å². The first-order valence-corrected chi connectivity index (χ1v) is 8.64. The molecule has 0 saturated heterocycles. The molecule has 1 atom stereocenters. The van der Waals surface area contributed by atoms with Gasteiger partial charge in [-0.05, 0) is 36.8 Å². The number of hydrogen-bond donors (Lipinski definition) is 2. The molecule has 130 valence electrons. The summed E-state index contributed by atoms with van der Waals surface area (Å²) in [4.78, 5) is 7.83. The molecule has 26 heavy (non-hydrogen) atoms. The number of para-hydroxylation sites is 3. The number of hydrogen-bond acceptors (Lipinski definition) is 3. The minimum absolute atomic E-state index is 0.0452. The first kappa shape index (κ1) is 16.2. The molecule has 2 N–H and O–H groups in total. The number of nitrogens with zero attached hydrogens (tertiary/aromatic N) is 1. The fourth-order valence-electron chi connectivity index (χ4n) is 3.46. The van der Waals surface area contributed by atoms with Crippen LogP contribution >= 0.6 is 0 Å². The van der Waals surface area contributed by atoms with E-state index >= 15 is 0 Å². The zero-order valence-electron chi connectivity index (χ0n) is 14.9. The van der Waals surface area contributed by atoms with Gasteiger partial charge in [-0.3, -0.25) is 4.98 Å². The molecule has 0 saturated carbocycles. The van der Waals surface area contributed by atoms with E-state index < -0.39 is 0 Å². The van der Waals surface area contributed by atoms with Gasteiger partial charge in [0.1, 0.15) is 5.75 Å². The van der Waals surface area contributed by atoms with Crippen LogP contribution in [0.5, 0.6) is 5.75 Å². The fraction of sp³-hybridized carbons (Fsp3) is 0.136. The van der Waals surface area contributed by atoms with Crippen molar-refractivity contribution < 1.29 is 4.74 Å². The number of aryl methyl sites for hydroxylation is 1. The maximum Gasteiger partial charge on any atom is 0.141 e. The Morgan fingerprint density at radius 2 is 1.81 bits per heavy atom. The number of benzene rings is 2. The average molecular weight is 343 g/mol. The van der Waals surface area contributed by atoms with Crippen LogP contribution in [0.3, 0.4) is 0 Å². The smallest absolute Gasteiger partial charge is 0.141 e. The van der Waals surface area contributed by atoms with Gasteiger partial charge in [0.05, 0.1) is 18.8 Å². The van der Waals surface area contributed by atoms with Crippen LogP contribution in [0.1, 0.15) is 22.9 Å². The lowest BCUT2D eigenvalue weighted by Gasteiger charge is -2.22. The molecule has 0 bridgehead atoms. The number of H-pyrrole nitrogens is 1. The molecule has 4 aromatic rings. The van der Waals surface area contributed by atoms with Crippen LogP contribution in [0, 0.1) is 6.92 Å². The van der Waals surface area contributed by atoms with Gasteiger partial charge in [0.2, 0.25) is 0 Å². The van der Waals surface area contributed by atoms with Crippen molar-refractivity contribution in [3.05, 3.63) is 89.9 Å². The minimum atomic E-state index is -0.0452. The summed E-state index contributed by atoms with van der Waals surface area (Å²) in [6.07, 6.45) is 3.71. The SMILES string of the molecule is COc1ccccc1NC(c1cccnc1)c1c(C)[nH]c2ccccc12. The summed E-state index contributed by atoms with van der Waals surface area (Å²) < 4.78 is 5.53. The quantitative estimate of drug-likeness (QED) is 0.531. The van der Waals surface area contributed by atoms with Crippen molar-refractivity contribution in [3.63, 3.8) is 0 Å². The number of fused-ring (bicyclic) bond motifs is 1. The molecule has 2 aromatic carbocycles. The highest BCUT2D eigenvalue weighted by Gasteiger charge is 2.22. The van der Waals surface area contributed by atoms with Crippen molar-refractivity contribution in [1.29, 1.82) is 0 Å². The predicted molar refractivity (Wildman–Crippen MR) is 106 cm³/mol. The van der Waals surface area contributed by atoms with Crippen molar-refractivity contribution in [2.24, 2.45) is 0 Å². The Labute approximate surface area is 152 Å². The lowest BCUT2D eigenvalue weighted by molar-refractivity contribution is 0.416. The molecule has 0 aliphatic heterocycles. The first-order valence-electron chi connectivity index (χ1n) is 8.64. The summed E-state index contributed by atoms with van der Waals surface area (Å²) in [5.74, 6) is 0.818. The molecule has 0 aliphatic carbocycles. The van der Waals surface area contributed by atoms with Crippen molar-refractivity contribution in [3.8, 4) is 5.75 Å². The molecule has 1 unspecified atom stereocenters. The van der Waals surface area contributed by atoms with Crippen LogP contribution in [0.4, 0.5) is 5.69 Å². The van der Waals surface area contributed by atoms with E-state index in [9.17, 15) is 0 Å². The molecule has 4 rings (SSSR count). The molecule has 2 aromatic heterocycles. The third-order valence-electron chi connectivity index (χ3n) is 4.66. The second-order valence-electron chi connectivity index (χ2n) is 6.27. The molecule has 0 amide bonds. The fourth-order valence-corrected chi connectivity index (χ4v) is 3.46. The summed E-state index contributed by atoms with van der Waals surface area (Å²) in [6.45, 7) is 2.11. The van der Waals surface area contributed by atoms with Crippen molar-refractivity contribution in [2.45, 2.75) is 13.0 Å². The number of anilines is 1. The topological polar surface area (TPSA) is 49.9 Å². The van der Waals surface area contributed by atoms with Crippen LogP contribution in [0.15, 0.2) is 73.1 Å². The molecular formula is C22H21N3O. The Kier molecular flexibility index (Phi) is 4.32. The van der Waals surface area contributed by atoms with E-state index in [0.29, 0.717) is 0 Å². The normalized spacial score (nSPS) is 12.1. The monoisotopic (exact) mass is 343 g/mol. The molecule has 0 fully saturated rings. The predicted octanol–water partition coefficient (Wildman–Crippen LogP) is 5.08. The molecule has 0 spiro atoms. The number of pyridine rings is 1. The highest BCUT2D eigenvalue weighted by Crippen LogP contribution is 2.36. The molecule has 0 radical (unpaired) electrons. The number of ether oxygens (including phenoxy) is 1. The summed E-state index contributed by atoms with van der Waals surface area (Å²) in [7, 11) is 1.69. The van der Waals surface area contributed by atoms with Gasteiger partial charge in [0.25, 0.3) is 0 Å². The zero-order chi connectivity index (χ0) is 17.9. The van der Waals surface area contributed by atoms with Gasteiger partial charge in [-0.2, -0.15) is 0 Å². The molecular weight excluding hydrogens is 322 g/mol. The Morgan fingerprint density at radius 3 is 2.62 bits per heavy atom. The Bertz CT molecular complexity index is 1020. The lowest BCUT2D eigenvalue weighted by atomic mass is 9.96. The second kappa shape index (κ2) is 6.92. The van der Waals surface area contributed by atoms with Crippen LogP contribution in [0.25, 0.3) is 10.9 Å². The Hall–Kier alpha value is -3.27. The van der Waals surface area contributed by atoms with Gasteiger partial charge >= 0.3 is 0 Å². The average Bonchev–Trinajstić information content (AvgIpc) is 3.02. The number of methoxy groups -OCH3 is 1. The van der Waals surface area contributed by atoms with Crippen LogP contribution < -0.4 is 10.1 Å². The summed E-state index contributed by atoms with van der Waals surface area (Å²) in [6, 6.07) is 20.4. The van der Waals surface area contributed by atoms with Gasteiger partial charge in [0, 0.05) is 34.6 Å². The maximum absolute atomic E-state index is 5.53. The largest absolute Gasteiger partial charge is 0.495 e. The third kappa shape index (κ3) is 2.90. The Morgan fingerprint density at radius 1 is 1.00 bits per heavy atom. The van der Waals surface area contributed by atoms with E-state index in [1.807, 2.05) is 36.5 Å². The van der Waals surface area contributed by atoms with E-state index in [2.05, 4.69) is 52.5 Å². The number of rotatable bonds is 5. The van der Waals surface area contributed by atoms with Gasteiger partial charge in [-0.25, -0.2) is 0 Å². The van der Waals surface area contributed by atoms with E-state index in [1.165, 1.54) is 10.9 Å². The van der Waals surface area contributed by atoms with Gasteiger partial charge < -0.3 is 15.0 Å². The first-order chi connectivity index (χ1) is 12.8. The van der Waals surface area contributed by atoms with Crippen molar-refractivity contribution >= 4 is 16.6 Å². The van der Waals surface area contributed by atoms with E-state index in [0.717, 1.165) is 28.2 Å².